The van der Waals surface area contributed by atoms with Crippen molar-refractivity contribution < 1.29 is 23.2 Å². The molecule has 0 atom stereocenters. The second kappa shape index (κ2) is 7.36. The zero-order valence-electron chi connectivity index (χ0n) is 12.7. The summed E-state index contributed by atoms with van der Waals surface area (Å²) in [5.74, 6) is -0.444. The maximum atomic E-state index is 12.0. The Kier molecular flexibility index (Phi) is 5.45. The third kappa shape index (κ3) is 4.37. The Hall–Kier alpha value is -2.85. The highest BCUT2D eigenvalue weighted by Gasteiger charge is 2.18. The topological polar surface area (TPSA) is 131 Å². The van der Waals surface area contributed by atoms with Gasteiger partial charge in [0.1, 0.15) is 0 Å². The highest BCUT2D eigenvalue weighted by atomic mass is 35.5. The molecule has 0 aromatic heterocycles. The van der Waals surface area contributed by atoms with Gasteiger partial charge in [0.2, 0.25) is 0 Å². The van der Waals surface area contributed by atoms with Crippen molar-refractivity contribution in [2.24, 2.45) is 5.10 Å². The van der Waals surface area contributed by atoms with Crippen LogP contribution in [0.2, 0.25) is 5.02 Å². The summed E-state index contributed by atoms with van der Waals surface area (Å²) >= 11 is 5.69. The highest BCUT2D eigenvalue weighted by Crippen LogP contribution is 2.32. The van der Waals surface area contributed by atoms with Crippen molar-refractivity contribution in [2.75, 3.05) is 7.11 Å². The summed E-state index contributed by atoms with van der Waals surface area (Å²) in [5.41, 5.74) is -0.522. The number of hydrazone groups is 1. The molecule has 0 heterocycles. The molecule has 0 aliphatic heterocycles. The first kappa shape index (κ1) is 18.5. The quantitative estimate of drug-likeness (QED) is 0.445. The third-order valence-corrected chi connectivity index (χ3v) is 4.52. The van der Waals surface area contributed by atoms with Crippen LogP contribution in [0.3, 0.4) is 0 Å². The molecule has 11 heteroatoms. The number of nitro benzene ring substituents is 1. The van der Waals surface area contributed by atoms with Gasteiger partial charge < -0.3 is 9.84 Å². The average molecular weight is 386 g/mol. The largest absolute Gasteiger partial charge is 0.504 e. The van der Waals surface area contributed by atoms with E-state index >= 15 is 0 Å². The summed E-state index contributed by atoms with van der Waals surface area (Å²) < 4.78 is 28.9. The molecule has 2 N–H and O–H groups in total. The van der Waals surface area contributed by atoms with E-state index in [4.69, 9.17) is 16.3 Å². The Labute approximate surface area is 147 Å². The number of hydrogen-bond acceptors (Lipinski definition) is 7. The first-order valence-corrected chi connectivity index (χ1v) is 8.46. The van der Waals surface area contributed by atoms with Crippen LogP contribution in [0.5, 0.6) is 11.5 Å². The lowest BCUT2D eigenvalue weighted by Crippen LogP contribution is -2.18. The zero-order valence-corrected chi connectivity index (χ0v) is 14.3. The molecular weight excluding hydrogens is 374 g/mol. The van der Waals surface area contributed by atoms with Crippen molar-refractivity contribution in [3.05, 3.63) is 57.1 Å². The number of nitrogens with one attached hydrogen (secondary N) is 1. The van der Waals surface area contributed by atoms with Gasteiger partial charge in [-0.3, -0.25) is 10.1 Å². The van der Waals surface area contributed by atoms with Gasteiger partial charge in [0, 0.05) is 5.02 Å². The van der Waals surface area contributed by atoms with Gasteiger partial charge in [-0.25, -0.2) is 4.83 Å². The van der Waals surface area contributed by atoms with Gasteiger partial charge in [0.15, 0.2) is 11.5 Å². The molecule has 0 fully saturated rings. The van der Waals surface area contributed by atoms with Crippen LogP contribution >= 0.6 is 11.6 Å². The monoisotopic (exact) mass is 385 g/mol. The van der Waals surface area contributed by atoms with E-state index in [2.05, 4.69) is 5.10 Å². The SMILES string of the molecule is COc1cc([N+](=O)[O-])c(/C=N/NS(=O)(=O)c2ccc(Cl)cc2)cc1O. The van der Waals surface area contributed by atoms with Crippen LogP contribution in [0.25, 0.3) is 0 Å². The smallest absolute Gasteiger partial charge is 0.282 e. The Bertz CT molecular complexity index is 928. The Morgan fingerprint density at radius 1 is 1.32 bits per heavy atom. The minimum absolute atomic E-state index is 0.0823. The number of nitro groups is 1. The van der Waals surface area contributed by atoms with Crippen molar-refractivity contribution in [3.8, 4) is 11.5 Å². The third-order valence-electron chi connectivity index (χ3n) is 3.03. The molecule has 2 aromatic rings. The molecule has 0 amide bonds. The number of benzene rings is 2. The molecule has 0 aliphatic carbocycles. The van der Waals surface area contributed by atoms with Crippen LogP contribution in [0, 0.1) is 10.1 Å². The van der Waals surface area contributed by atoms with Gasteiger partial charge in [-0.15, -0.1) is 0 Å². The molecule has 0 spiro atoms. The van der Waals surface area contributed by atoms with Gasteiger partial charge >= 0.3 is 0 Å². The van der Waals surface area contributed by atoms with Crippen molar-refractivity contribution in [1.82, 2.24) is 4.83 Å². The summed E-state index contributed by atoms with van der Waals surface area (Å²) in [7, 11) is -2.72. The van der Waals surface area contributed by atoms with Gasteiger partial charge in [-0.1, -0.05) is 11.6 Å². The van der Waals surface area contributed by atoms with Gasteiger partial charge in [-0.2, -0.15) is 13.5 Å². The number of methoxy groups -OCH3 is 1. The summed E-state index contributed by atoms with van der Waals surface area (Å²) in [6, 6.07) is 7.39. The average Bonchev–Trinajstić information content (AvgIpc) is 2.55. The summed E-state index contributed by atoms with van der Waals surface area (Å²) in [6.45, 7) is 0. The number of phenols is 1. The van der Waals surface area contributed by atoms with Crippen LogP contribution in [-0.4, -0.2) is 31.8 Å². The van der Waals surface area contributed by atoms with E-state index in [0.717, 1.165) is 18.3 Å². The first-order valence-electron chi connectivity index (χ1n) is 6.60. The van der Waals surface area contributed by atoms with Crippen LogP contribution in [0.15, 0.2) is 46.4 Å². The predicted octanol–water partition coefficient (Wildman–Crippen LogP) is 2.27. The number of halogens is 1. The Balaban J connectivity index is 2.28. The van der Waals surface area contributed by atoms with Crippen molar-refractivity contribution >= 4 is 33.5 Å². The molecule has 0 aliphatic rings. The minimum Gasteiger partial charge on any atom is -0.504 e. The molecule has 2 rings (SSSR count). The van der Waals surface area contributed by atoms with E-state index in [1.165, 1.54) is 31.4 Å². The van der Waals surface area contributed by atoms with E-state index in [0.29, 0.717) is 5.02 Å². The lowest BCUT2D eigenvalue weighted by molar-refractivity contribution is -0.385. The number of nitrogens with zero attached hydrogens (tertiary/aromatic N) is 2. The molecule has 0 radical (unpaired) electrons. The molecule has 2 aromatic carbocycles. The number of ether oxygens (including phenoxy) is 1. The van der Waals surface area contributed by atoms with E-state index in [9.17, 15) is 23.6 Å². The summed E-state index contributed by atoms with van der Waals surface area (Å²) in [4.78, 5) is 12.2. The van der Waals surface area contributed by atoms with Crippen LogP contribution in [-0.2, 0) is 10.0 Å². The molecule has 0 bridgehead atoms. The molecule has 0 unspecified atom stereocenters. The van der Waals surface area contributed by atoms with Gasteiger partial charge in [0.25, 0.3) is 15.7 Å². The number of rotatable bonds is 6. The normalized spacial score (nSPS) is 11.4. The maximum Gasteiger partial charge on any atom is 0.282 e. The minimum atomic E-state index is -3.97. The zero-order chi connectivity index (χ0) is 18.6. The lowest BCUT2D eigenvalue weighted by Gasteiger charge is -2.05. The molecule has 0 saturated heterocycles. The fraction of sp³-hybridized carbons (Fsp3) is 0.0714. The number of phenolic OH excluding ortho intramolecular Hbond substituents is 1. The molecule has 132 valence electrons. The second-order valence-corrected chi connectivity index (χ2v) is 6.74. The number of aromatic hydroxyl groups is 1. The van der Waals surface area contributed by atoms with E-state index in [-0.39, 0.29) is 22.0 Å². The lowest BCUT2D eigenvalue weighted by atomic mass is 10.1. The number of hydrogen-bond donors (Lipinski definition) is 2. The van der Waals surface area contributed by atoms with E-state index in [1.807, 2.05) is 4.83 Å². The summed E-state index contributed by atoms with van der Waals surface area (Å²) in [5, 5.41) is 24.6. The van der Waals surface area contributed by atoms with Crippen molar-refractivity contribution in [1.29, 1.82) is 0 Å². The molecule has 25 heavy (non-hydrogen) atoms. The Morgan fingerprint density at radius 2 is 1.96 bits per heavy atom. The Morgan fingerprint density at radius 3 is 2.52 bits per heavy atom. The van der Waals surface area contributed by atoms with Gasteiger partial charge in [0.05, 0.1) is 34.8 Å². The number of sulfonamides is 1. The maximum absolute atomic E-state index is 12.0. The van der Waals surface area contributed by atoms with Crippen LogP contribution in [0.1, 0.15) is 5.56 Å². The van der Waals surface area contributed by atoms with E-state index < -0.39 is 20.6 Å². The van der Waals surface area contributed by atoms with Gasteiger partial charge in [-0.05, 0) is 30.3 Å². The molecule has 0 saturated carbocycles. The summed E-state index contributed by atoms with van der Waals surface area (Å²) in [6.07, 6.45) is 0.908. The molecular formula is C14H12ClN3O6S. The van der Waals surface area contributed by atoms with E-state index in [1.54, 1.807) is 0 Å². The van der Waals surface area contributed by atoms with Crippen molar-refractivity contribution in [2.45, 2.75) is 4.90 Å². The standard InChI is InChI=1S/C14H12ClN3O6S/c1-24-14-7-12(18(20)21)9(6-13(14)19)8-16-17-25(22,23)11-4-2-10(15)3-5-11/h2-8,17,19H,1H3/b16-8+. The van der Waals surface area contributed by atoms with Crippen molar-refractivity contribution in [3.63, 3.8) is 0 Å². The fourth-order valence-electron chi connectivity index (χ4n) is 1.83. The first-order chi connectivity index (χ1) is 11.7. The molecule has 9 nitrogen and oxygen atoms in total. The predicted molar refractivity (Wildman–Crippen MR) is 90.7 cm³/mol. The second-order valence-electron chi connectivity index (χ2n) is 4.65. The highest BCUT2D eigenvalue weighted by molar-refractivity contribution is 7.89. The van der Waals surface area contributed by atoms with Crippen LogP contribution in [0.4, 0.5) is 5.69 Å². The van der Waals surface area contributed by atoms with Crippen LogP contribution < -0.4 is 9.57 Å². The fourth-order valence-corrected chi connectivity index (χ4v) is 2.75.